The van der Waals surface area contributed by atoms with Crippen molar-refractivity contribution in [2.45, 2.75) is 19.9 Å². The minimum atomic E-state index is -0.0422. The number of amides is 1. The van der Waals surface area contributed by atoms with Crippen LogP contribution in [0.1, 0.15) is 19.4 Å². The van der Waals surface area contributed by atoms with Crippen LogP contribution >= 0.6 is 11.8 Å². The monoisotopic (exact) mass is 382 g/mol. The van der Waals surface area contributed by atoms with Gasteiger partial charge in [0.05, 0.1) is 24.8 Å². The second-order valence-electron chi connectivity index (χ2n) is 6.22. The lowest BCUT2D eigenvalue weighted by atomic mass is 10.2. The molecule has 0 aromatic heterocycles. The Bertz CT molecular complexity index is 892. The number of methoxy groups -OCH3 is 2. The molecule has 1 amide bonds. The predicted octanol–water partition coefficient (Wildman–Crippen LogP) is 4.72. The Morgan fingerprint density at radius 1 is 1.04 bits per heavy atom. The molecule has 2 aromatic rings. The van der Waals surface area contributed by atoms with Gasteiger partial charge in [-0.25, -0.2) is 4.99 Å². The van der Waals surface area contributed by atoms with Gasteiger partial charge in [0.2, 0.25) is 0 Å². The van der Waals surface area contributed by atoms with E-state index in [0.29, 0.717) is 21.6 Å². The van der Waals surface area contributed by atoms with Gasteiger partial charge in [-0.3, -0.25) is 9.69 Å². The molecule has 1 aliphatic rings. The first-order chi connectivity index (χ1) is 13.0. The summed E-state index contributed by atoms with van der Waals surface area (Å²) in [7, 11) is 3.19. The lowest BCUT2D eigenvalue weighted by Gasteiger charge is -2.19. The predicted molar refractivity (Wildman–Crippen MR) is 111 cm³/mol. The molecule has 0 N–H and O–H groups in total. The van der Waals surface area contributed by atoms with Gasteiger partial charge in [0.1, 0.15) is 0 Å². The summed E-state index contributed by atoms with van der Waals surface area (Å²) in [5, 5.41) is 0.688. The molecule has 0 bridgehead atoms. The van der Waals surface area contributed by atoms with Gasteiger partial charge in [0.25, 0.3) is 5.91 Å². The lowest BCUT2D eigenvalue weighted by Crippen LogP contribution is -2.35. The van der Waals surface area contributed by atoms with Crippen molar-refractivity contribution in [3.8, 4) is 11.5 Å². The Balaban J connectivity index is 1.96. The molecule has 27 heavy (non-hydrogen) atoms. The summed E-state index contributed by atoms with van der Waals surface area (Å²) in [4.78, 5) is 19.9. The lowest BCUT2D eigenvalue weighted by molar-refractivity contribution is -0.123. The van der Waals surface area contributed by atoms with E-state index in [9.17, 15) is 4.79 Å². The second-order valence-corrected chi connectivity index (χ2v) is 7.23. The van der Waals surface area contributed by atoms with Crippen LogP contribution < -0.4 is 9.47 Å². The highest BCUT2D eigenvalue weighted by Crippen LogP contribution is 2.36. The van der Waals surface area contributed by atoms with Crippen LogP contribution in [0.3, 0.4) is 0 Å². The molecule has 0 atom stereocenters. The summed E-state index contributed by atoms with van der Waals surface area (Å²) in [6, 6.07) is 15.2. The average molecular weight is 382 g/mol. The normalized spacial score (nSPS) is 17.2. The van der Waals surface area contributed by atoms with Crippen molar-refractivity contribution >= 4 is 34.6 Å². The molecule has 0 unspecified atom stereocenters. The third-order valence-corrected chi connectivity index (χ3v) is 5.02. The van der Waals surface area contributed by atoms with Crippen molar-refractivity contribution in [3.63, 3.8) is 0 Å². The Morgan fingerprint density at radius 3 is 2.37 bits per heavy atom. The standard InChI is InChI=1S/C21H22N2O3S/c1-14(2)23-20(24)19(27-21(23)22-16-8-6-5-7-9-16)13-15-10-11-17(25-3)18(12-15)26-4/h5-14H,1-4H3/b19-13+,22-21?. The minimum Gasteiger partial charge on any atom is -0.493 e. The van der Waals surface area contributed by atoms with Crippen molar-refractivity contribution in [3.05, 3.63) is 59.0 Å². The summed E-state index contributed by atoms with van der Waals surface area (Å²) in [6.45, 7) is 3.97. The highest BCUT2D eigenvalue weighted by Gasteiger charge is 2.35. The fourth-order valence-electron chi connectivity index (χ4n) is 2.73. The highest BCUT2D eigenvalue weighted by atomic mass is 32.2. The zero-order valence-corrected chi connectivity index (χ0v) is 16.6. The molecule has 6 heteroatoms. The van der Waals surface area contributed by atoms with Gasteiger partial charge in [-0.15, -0.1) is 0 Å². The molecule has 0 saturated carbocycles. The molecule has 1 aliphatic heterocycles. The maximum atomic E-state index is 12.9. The fraction of sp³-hybridized carbons (Fsp3) is 0.238. The average Bonchev–Trinajstić information content (AvgIpc) is 2.97. The fourth-order valence-corrected chi connectivity index (χ4v) is 3.85. The van der Waals surface area contributed by atoms with Crippen LogP contribution in [0.25, 0.3) is 6.08 Å². The number of para-hydroxylation sites is 1. The van der Waals surface area contributed by atoms with Crippen LogP contribution in [0.5, 0.6) is 11.5 Å². The first-order valence-corrected chi connectivity index (χ1v) is 9.44. The van der Waals surface area contributed by atoms with Crippen LogP contribution in [0.2, 0.25) is 0 Å². The molecule has 2 aromatic carbocycles. The Hall–Kier alpha value is -2.73. The largest absolute Gasteiger partial charge is 0.493 e. The maximum Gasteiger partial charge on any atom is 0.266 e. The number of amidine groups is 1. The van der Waals surface area contributed by atoms with Crippen LogP contribution in [0, 0.1) is 0 Å². The van der Waals surface area contributed by atoms with E-state index in [-0.39, 0.29) is 11.9 Å². The third-order valence-electron chi connectivity index (χ3n) is 4.04. The molecule has 1 saturated heterocycles. The van der Waals surface area contributed by atoms with E-state index in [1.54, 1.807) is 19.1 Å². The minimum absolute atomic E-state index is 0.0174. The zero-order valence-electron chi connectivity index (χ0n) is 15.8. The van der Waals surface area contributed by atoms with Gasteiger partial charge in [0.15, 0.2) is 16.7 Å². The molecule has 1 heterocycles. The Morgan fingerprint density at radius 2 is 1.74 bits per heavy atom. The summed E-state index contributed by atoms with van der Waals surface area (Å²) < 4.78 is 10.6. The Labute approximate surface area is 163 Å². The molecule has 1 fully saturated rings. The van der Waals surface area contributed by atoms with Crippen LogP contribution in [0.4, 0.5) is 5.69 Å². The van der Waals surface area contributed by atoms with Crippen molar-refractivity contribution in [1.82, 2.24) is 4.90 Å². The molecule has 0 spiro atoms. The summed E-state index contributed by atoms with van der Waals surface area (Å²) in [5.74, 6) is 1.24. The second kappa shape index (κ2) is 8.31. The number of rotatable bonds is 5. The van der Waals surface area contributed by atoms with E-state index in [0.717, 1.165) is 11.3 Å². The van der Waals surface area contributed by atoms with E-state index in [1.165, 1.54) is 11.8 Å². The Kier molecular flexibility index (Phi) is 5.86. The van der Waals surface area contributed by atoms with Crippen molar-refractivity contribution in [1.29, 1.82) is 0 Å². The topological polar surface area (TPSA) is 51.1 Å². The molecule has 0 radical (unpaired) electrons. The van der Waals surface area contributed by atoms with E-state index in [2.05, 4.69) is 4.99 Å². The zero-order chi connectivity index (χ0) is 19.4. The number of carbonyl (C=O) groups excluding carboxylic acids is 1. The third kappa shape index (κ3) is 4.17. The number of thioether (sulfide) groups is 1. The number of hydrogen-bond acceptors (Lipinski definition) is 5. The van der Waals surface area contributed by atoms with Crippen molar-refractivity contribution < 1.29 is 14.3 Å². The van der Waals surface area contributed by atoms with E-state index >= 15 is 0 Å². The molecule has 3 rings (SSSR count). The summed E-state index contributed by atoms with van der Waals surface area (Å²) in [5.41, 5.74) is 1.69. The van der Waals surface area contributed by atoms with Crippen LogP contribution in [-0.2, 0) is 4.79 Å². The van der Waals surface area contributed by atoms with Crippen LogP contribution in [-0.4, -0.2) is 36.2 Å². The van der Waals surface area contributed by atoms with E-state index < -0.39 is 0 Å². The molecular formula is C21H22N2O3S. The molecule has 140 valence electrons. The number of nitrogens with zero attached hydrogens (tertiary/aromatic N) is 2. The first-order valence-electron chi connectivity index (χ1n) is 8.62. The molecular weight excluding hydrogens is 360 g/mol. The SMILES string of the molecule is COc1ccc(/C=C2/SC(=Nc3ccccc3)N(C(C)C)C2=O)cc1OC. The summed E-state index contributed by atoms with van der Waals surface area (Å²) in [6.07, 6.45) is 1.86. The van der Waals surface area contributed by atoms with Gasteiger partial charge in [0, 0.05) is 6.04 Å². The van der Waals surface area contributed by atoms with E-state index in [1.807, 2.05) is 68.5 Å². The van der Waals surface area contributed by atoms with Gasteiger partial charge in [-0.2, -0.15) is 0 Å². The molecule has 0 aliphatic carbocycles. The highest BCUT2D eigenvalue weighted by molar-refractivity contribution is 8.18. The summed E-state index contributed by atoms with van der Waals surface area (Å²) >= 11 is 1.38. The maximum absolute atomic E-state index is 12.9. The van der Waals surface area contributed by atoms with Gasteiger partial charge >= 0.3 is 0 Å². The quantitative estimate of drug-likeness (QED) is 0.703. The van der Waals surface area contributed by atoms with Crippen molar-refractivity contribution in [2.24, 2.45) is 4.99 Å². The van der Waals surface area contributed by atoms with Gasteiger partial charge in [-0.1, -0.05) is 24.3 Å². The number of ether oxygens (including phenoxy) is 2. The van der Waals surface area contributed by atoms with Crippen LogP contribution in [0.15, 0.2) is 58.4 Å². The van der Waals surface area contributed by atoms with Gasteiger partial charge in [-0.05, 0) is 61.5 Å². The first kappa shape index (κ1) is 19.0. The molecule has 5 nitrogen and oxygen atoms in total. The van der Waals surface area contributed by atoms with E-state index in [4.69, 9.17) is 9.47 Å². The number of hydrogen-bond donors (Lipinski definition) is 0. The van der Waals surface area contributed by atoms with Gasteiger partial charge < -0.3 is 9.47 Å². The number of carbonyl (C=O) groups is 1. The number of aliphatic imine (C=N–C) groups is 1. The van der Waals surface area contributed by atoms with Crippen molar-refractivity contribution in [2.75, 3.05) is 14.2 Å². The smallest absolute Gasteiger partial charge is 0.266 e. The number of benzene rings is 2.